The molecule has 0 unspecified atom stereocenters. The van der Waals surface area contributed by atoms with E-state index in [2.05, 4.69) is 9.97 Å². The second-order valence-electron chi connectivity index (χ2n) is 5.25. The summed E-state index contributed by atoms with van der Waals surface area (Å²) in [5.74, 6) is 0.106. The van der Waals surface area contributed by atoms with Crippen LogP contribution in [0.4, 0.5) is 5.69 Å². The third kappa shape index (κ3) is 2.66. The highest BCUT2D eigenvalue weighted by Crippen LogP contribution is 2.23. The summed E-state index contributed by atoms with van der Waals surface area (Å²) in [4.78, 5) is 20.8. The highest BCUT2D eigenvalue weighted by atomic mass is 16.3. The summed E-state index contributed by atoms with van der Waals surface area (Å²) in [6.45, 7) is 3.69. The molecule has 1 heterocycles. The predicted molar refractivity (Wildman–Crippen MR) is 80.4 cm³/mol. The molecule has 5 nitrogen and oxygen atoms in total. The molecule has 2 N–H and O–H groups in total. The van der Waals surface area contributed by atoms with Crippen LogP contribution in [0.2, 0.25) is 0 Å². The topological polar surface area (TPSA) is 69.2 Å². The van der Waals surface area contributed by atoms with Crippen molar-refractivity contribution in [3.63, 3.8) is 0 Å². The monoisotopic (exact) mass is 273 g/mol. The zero-order valence-corrected chi connectivity index (χ0v) is 12.1. The molecular formula is C15H19N3O2. The number of benzene rings is 1. The van der Waals surface area contributed by atoms with Gasteiger partial charge in [-0.3, -0.25) is 4.79 Å². The van der Waals surface area contributed by atoms with Crippen LogP contribution in [0, 0.1) is 0 Å². The van der Waals surface area contributed by atoms with Gasteiger partial charge in [-0.25, -0.2) is 0 Å². The molecule has 0 saturated carbocycles. The summed E-state index contributed by atoms with van der Waals surface area (Å²) < 4.78 is 0. The van der Waals surface area contributed by atoms with Crippen LogP contribution in [0.1, 0.15) is 25.3 Å². The largest absolute Gasteiger partial charge is 0.493 e. The molecule has 20 heavy (non-hydrogen) atoms. The molecule has 0 aliphatic rings. The van der Waals surface area contributed by atoms with Crippen LogP contribution in [0.5, 0.6) is 5.88 Å². The van der Waals surface area contributed by atoms with Crippen LogP contribution < -0.4 is 10.5 Å². The van der Waals surface area contributed by atoms with E-state index in [1.54, 1.807) is 0 Å². The molecule has 1 aromatic heterocycles. The molecular weight excluding hydrogens is 254 g/mol. The van der Waals surface area contributed by atoms with E-state index in [1.807, 2.05) is 57.1 Å². The van der Waals surface area contributed by atoms with Gasteiger partial charge >= 0.3 is 0 Å². The molecule has 0 radical (unpaired) electrons. The van der Waals surface area contributed by atoms with Gasteiger partial charge in [0.05, 0.1) is 5.56 Å². The van der Waals surface area contributed by atoms with Crippen LogP contribution >= 0.6 is 0 Å². The number of nitrogens with one attached hydrogen (secondary N) is 1. The standard InChI is InChI=1S/C15H19N3O2/c1-9(2)12-14(19)16-13(17-15(12)20)10-5-7-11(8-6-10)18(3)4/h5-9H,1-4H3,(H2,16,17,19,20). The lowest BCUT2D eigenvalue weighted by Crippen LogP contribution is -2.16. The van der Waals surface area contributed by atoms with E-state index < -0.39 is 0 Å². The van der Waals surface area contributed by atoms with Crippen LogP contribution in [0.15, 0.2) is 29.1 Å². The first-order valence-corrected chi connectivity index (χ1v) is 6.51. The summed E-state index contributed by atoms with van der Waals surface area (Å²) in [6.07, 6.45) is 0. The highest BCUT2D eigenvalue weighted by molar-refractivity contribution is 5.60. The van der Waals surface area contributed by atoms with Gasteiger partial charge in [-0.05, 0) is 30.2 Å². The van der Waals surface area contributed by atoms with Crippen molar-refractivity contribution in [1.29, 1.82) is 0 Å². The Labute approximate surface area is 117 Å². The summed E-state index contributed by atoms with van der Waals surface area (Å²) in [6, 6.07) is 7.59. The van der Waals surface area contributed by atoms with Gasteiger partial charge < -0.3 is 15.0 Å². The predicted octanol–water partition coefficient (Wildman–Crippen LogP) is 2.33. The van der Waals surface area contributed by atoms with Crippen molar-refractivity contribution in [2.24, 2.45) is 0 Å². The minimum atomic E-state index is -0.292. The number of H-pyrrole nitrogens is 1. The molecule has 0 spiro atoms. The minimum absolute atomic E-state index is 0.0728. The van der Waals surface area contributed by atoms with Crippen molar-refractivity contribution in [2.45, 2.75) is 19.8 Å². The lowest BCUT2D eigenvalue weighted by molar-refractivity contribution is 0.440. The normalized spacial score (nSPS) is 10.8. The molecule has 1 aromatic carbocycles. The van der Waals surface area contributed by atoms with Gasteiger partial charge in [0.1, 0.15) is 5.82 Å². The summed E-state index contributed by atoms with van der Waals surface area (Å²) in [5, 5.41) is 9.91. The smallest absolute Gasteiger partial charge is 0.258 e. The SMILES string of the molecule is CC(C)c1c(O)nc(-c2ccc(N(C)C)cc2)[nH]c1=O. The molecule has 0 aliphatic heterocycles. The Hall–Kier alpha value is -2.30. The number of anilines is 1. The average molecular weight is 273 g/mol. The Morgan fingerprint density at radius 2 is 1.80 bits per heavy atom. The van der Waals surface area contributed by atoms with E-state index in [9.17, 15) is 9.90 Å². The number of aromatic amines is 1. The van der Waals surface area contributed by atoms with E-state index in [0.717, 1.165) is 11.3 Å². The van der Waals surface area contributed by atoms with Crippen LogP contribution in [0.3, 0.4) is 0 Å². The molecule has 5 heteroatoms. The highest BCUT2D eigenvalue weighted by Gasteiger charge is 2.14. The number of nitrogens with zero attached hydrogens (tertiary/aromatic N) is 2. The second-order valence-corrected chi connectivity index (χ2v) is 5.25. The zero-order valence-electron chi connectivity index (χ0n) is 12.1. The molecule has 0 saturated heterocycles. The van der Waals surface area contributed by atoms with Crippen LogP contribution in [-0.4, -0.2) is 29.2 Å². The maximum atomic E-state index is 12.0. The third-order valence-corrected chi connectivity index (χ3v) is 3.17. The van der Waals surface area contributed by atoms with Gasteiger partial charge in [-0.1, -0.05) is 13.8 Å². The van der Waals surface area contributed by atoms with E-state index >= 15 is 0 Å². The summed E-state index contributed by atoms with van der Waals surface area (Å²) in [7, 11) is 3.91. The molecule has 0 bridgehead atoms. The number of hydrogen-bond donors (Lipinski definition) is 2. The minimum Gasteiger partial charge on any atom is -0.493 e. The number of hydrogen-bond acceptors (Lipinski definition) is 4. The van der Waals surface area contributed by atoms with Crippen molar-refractivity contribution in [1.82, 2.24) is 9.97 Å². The van der Waals surface area contributed by atoms with E-state index in [0.29, 0.717) is 11.4 Å². The average Bonchev–Trinajstić information content (AvgIpc) is 2.37. The molecule has 0 fully saturated rings. The first-order chi connectivity index (χ1) is 9.40. The molecule has 0 aliphatic carbocycles. The van der Waals surface area contributed by atoms with Crippen molar-refractivity contribution in [3.05, 3.63) is 40.2 Å². The Balaban J connectivity index is 2.46. The summed E-state index contributed by atoms with van der Waals surface area (Å²) >= 11 is 0. The van der Waals surface area contributed by atoms with E-state index in [1.165, 1.54) is 0 Å². The quantitative estimate of drug-likeness (QED) is 0.900. The van der Waals surface area contributed by atoms with Gasteiger partial charge in [0, 0.05) is 25.3 Å². The first-order valence-electron chi connectivity index (χ1n) is 6.51. The van der Waals surface area contributed by atoms with Gasteiger partial charge in [-0.2, -0.15) is 4.98 Å². The first kappa shape index (κ1) is 14.1. The van der Waals surface area contributed by atoms with Crippen LogP contribution in [-0.2, 0) is 0 Å². The Bertz CT molecular complexity index is 658. The van der Waals surface area contributed by atoms with Crippen LogP contribution in [0.25, 0.3) is 11.4 Å². The molecule has 0 amide bonds. The fourth-order valence-corrected chi connectivity index (χ4v) is 2.05. The summed E-state index contributed by atoms with van der Waals surface area (Å²) in [5.41, 5.74) is 1.84. The molecule has 106 valence electrons. The van der Waals surface area contributed by atoms with Crippen molar-refractivity contribution in [2.75, 3.05) is 19.0 Å². The Morgan fingerprint density at radius 1 is 1.20 bits per heavy atom. The molecule has 0 atom stereocenters. The maximum absolute atomic E-state index is 12.0. The Morgan fingerprint density at radius 3 is 2.25 bits per heavy atom. The van der Waals surface area contributed by atoms with Crippen molar-refractivity contribution in [3.8, 4) is 17.3 Å². The second kappa shape index (κ2) is 5.36. The maximum Gasteiger partial charge on any atom is 0.258 e. The lowest BCUT2D eigenvalue weighted by Gasteiger charge is -2.13. The zero-order chi connectivity index (χ0) is 14.9. The fourth-order valence-electron chi connectivity index (χ4n) is 2.05. The van der Waals surface area contributed by atoms with Gasteiger partial charge in [0.2, 0.25) is 5.88 Å². The number of aromatic nitrogens is 2. The van der Waals surface area contributed by atoms with Gasteiger partial charge in [-0.15, -0.1) is 0 Å². The Kier molecular flexibility index (Phi) is 3.79. The third-order valence-electron chi connectivity index (χ3n) is 3.17. The molecule has 2 aromatic rings. The number of rotatable bonds is 3. The van der Waals surface area contributed by atoms with Gasteiger partial charge in [0.15, 0.2) is 0 Å². The lowest BCUT2D eigenvalue weighted by atomic mass is 10.1. The van der Waals surface area contributed by atoms with Gasteiger partial charge in [0.25, 0.3) is 5.56 Å². The molecule has 2 rings (SSSR count). The van der Waals surface area contributed by atoms with E-state index in [-0.39, 0.29) is 17.4 Å². The fraction of sp³-hybridized carbons (Fsp3) is 0.333. The van der Waals surface area contributed by atoms with Crippen molar-refractivity contribution < 1.29 is 5.11 Å². The van der Waals surface area contributed by atoms with E-state index in [4.69, 9.17) is 0 Å². The van der Waals surface area contributed by atoms with Crippen molar-refractivity contribution >= 4 is 5.69 Å². The number of aromatic hydroxyl groups is 1.